The van der Waals surface area contributed by atoms with Crippen LogP contribution in [-0.4, -0.2) is 16.0 Å². The molecule has 126 valence electrons. The Morgan fingerprint density at radius 1 is 1.00 bits per heavy atom. The van der Waals surface area contributed by atoms with Crippen molar-refractivity contribution in [3.63, 3.8) is 0 Å². The summed E-state index contributed by atoms with van der Waals surface area (Å²) in [5.74, 6) is 0. The van der Waals surface area contributed by atoms with Gasteiger partial charge in [-0.05, 0) is 36.9 Å². The Balaban J connectivity index is 2.18. The lowest BCUT2D eigenvalue weighted by Gasteiger charge is -2.09. The molecular weight excluding hydrogens is 338 g/mol. The highest BCUT2D eigenvalue weighted by Gasteiger charge is 2.21. The van der Waals surface area contributed by atoms with Crippen molar-refractivity contribution in [3.8, 4) is 23.0 Å². The summed E-state index contributed by atoms with van der Waals surface area (Å²) >= 11 is 1.59. The van der Waals surface area contributed by atoms with E-state index in [1.54, 1.807) is 11.8 Å². The fourth-order valence-electron chi connectivity index (χ4n) is 3.30. The number of aryl methyl sites for hydroxylation is 1. The molecule has 1 heterocycles. The number of thioether (sulfide) groups is 1. The second kappa shape index (κ2) is 6.70. The minimum absolute atomic E-state index is 0.677. The maximum atomic E-state index is 9.89. The van der Waals surface area contributed by atoms with Gasteiger partial charge in [-0.25, -0.2) is 4.68 Å². The maximum Gasteiger partial charge on any atom is 0.103 e. The molecule has 4 rings (SSSR count). The highest BCUT2D eigenvalue weighted by Crippen LogP contribution is 2.37. The smallest absolute Gasteiger partial charge is 0.103 e. The van der Waals surface area contributed by atoms with E-state index < -0.39 is 0 Å². The first kappa shape index (κ1) is 16.4. The van der Waals surface area contributed by atoms with E-state index in [0.717, 1.165) is 38.3 Å². The number of aromatic nitrogens is 2. The van der Waals surface area contributed by atoms with Gasteiger partial charge in [-0.3, -0.25) is 0 Å². The second-order valence-corrected chi connectivity index (χ2v) is 6.92. The van der Waals surface area contributed by atoms with Gasteiger partial charge in [-0.1, -0.05) is 48.5 Å². The lowest BCUT2D eigenvalue weighted by molar-refractivity contribution is 0.912. The summed E-state index contributed by atoms with van der Waals surface area (Å²) in [7, 11) is 0. The molecule has 0 aliphatic carbocycles. The van der Waals surface area contributed by atoms with Crippen LogP contribution in [0.4, 0.5) is 0 Å². The highest BCUT2D eigenvalue weighted by molar-refractivity contribution is 7.98. The Hall–Kier alpha value is -3.03. The zero-order valence-corrected chi connectivity index (χ0v) is 15.4. The number of para-hydroxylation sites is 1. The molecule has 0 amide bonds. The van der Waals surface area contributed by atoms with Gasteiger partial charge >= 0.3 is 0 Å². The summed E-state index contributed by atoms with van der Waals surface area (Å²) in [6, 6.07) is 24.6. The Labute approximate surface area is 156 Å². The van der Waals surface area contributed by atoms with Crippen molar-refractivity contribution in [1.29, 1.82) is 5.26 Å². The number of benzene rings is 3. The SMILES string of the molecule is CSc1cc(C)c2c(-c3ccccc3)nn(-c3ccccc3)c2c1C#N. The molecule has 0 unspecified atom stereocenters. The lowest BCUT2D eigenvalue weighted by atomic mass is 10.0. The molecule has 0 atom stereocenters. The number of rotatable bonds is 3. The molecule has 0 aliphatic heterocycles. The van der Waals surface area contributed by atoms with Crippen LogP contribution >= 0.6 is 11.8 Å². The molecule has 0 saturated heterocycles. The molecule has 0 saturated carbocycles. The second-order valence-electron chi connectivity index (χ2n) is 6.07. The number of hydrogen-bond donors (Lipinski definition) is 0. The molecule has 0 N–H and O–H groups in total. The van der Waals surface area contributed by atoms with Crippen LogP contribution in [0.2, 0.25) is 0 Å². The Morgan fingerprint density at radius 2 is 1.65 bits per heavy atom. The maximum absolute atomic E-state index is 9.89. The minimum atomic E-state index is 0.677. The van der Waals surface area contributed by atoms with Gasteiger partial charge in [0.15, 0.2) is 0 Å². The monoisotopic (exact) mass is 355 g/mol. The summed E-state index contributed by atoms with van der Waals surface area (Å²) in [5.41, 5.74) is 5.60. The molecule has 26 heavy (non-hydrogen) atoms. The fraction of sp³-hybridized carbons (Fsp3) is 0.0909. The number of nitriles is 1. The lowest BCUT2D eigenvalue weighted by Crippen LogP contribution is -1.98. The van der Waals surface area contributed by atoms with Gasteiger partial charge in [0.05, 0.1) is 16.8 Å². The van der Waals surface area contributed by atoms with Gasteiger partial charge in [-0.15, -0.1) is 11.8 Å². The quantitative estimate of drug-likeness (QED) is 0.450. The first-order chi connectivity index (χ1) is 12.7. The van der Waals surface area contributed by atoms with Gasteiger partial charge in [0, 0.05) is 15.8 Å². The summed E-state index contributed by atoms with van der Waals surface area (Å²) in [5, 5.41) is 15.9. The topological polar surface area (TPSA) is 41.6 Å². The molecule has 0 spiro atoms. The number of hydrogen-bond acceptors (Lipinski definition) is 3. The minimum Gasteiger partial charge on any atom is -0.231 e. The van der Waals surface area contributed by atoms with E-state index in [1.165, 1.54) is 0 Å². The third kappa shape index (κ3) is 2.58. The van der Waals surface area contributed by atoms with E-state index in [4.69, 9.17) is 5.10 Å². The molecule has 0 fully saturated rings. The van der Waals surface area contributed by atoms with Crippen molar-refractivity contribution < 1.29 is 0 Å². The van der Waals surface area contributed by atoms with Gasteiger partial charge in [-0.2, -0.15) is 10.4 Å². The van der Waals surface area contributed by atoms with E-state index in [9.17, 15) is 5.26 Å². The summed E-state index contributed by atoms with van der Waals surface area (Å²) in [4.78, 5) is 0.981. The largest absolute Gasteiger partial charge is 0.231 e. The van der Waals surface area contributed by atoms with Crippen molar-refractivity contribution in [1.82, 2.24) is 9.78 Å². The van der Waals surface area contributed by atoms with Crippen LogP contribution in [0.3, 0.4) is 0 Å². The zero-order valence-electron chi connectivity index (χ0n) is 14.6. The predicted molar refractivity (Wildman–Crippen MR) is 108 cm³/mol. The Kier molecular flexibility index (Phi) is 4.24. The molecule has 0 bridgehead atoms. The van der Waals surface area contributed by atoms with Crippen molar-refractivity contribution >= 4 is 22.7 Å². The molecule has 3 nitrogen and oxygen atoms in total. The van der Waals surface area contributed by atoms with Gasteiger partial charge in [0.1, 0.15) is 11.8 Å². The molecule has 3 aromatic carbocycles. The van der Waals surface area contributed by atoms with Gasteiger partial charge < -0.3 is 0 Å². The Morgan fingerprint density at radius 3 is 2.27 bits per heavy atom. The van der Waals surface area contributed by atoms with Gasteiger partial charge in [0.2, 0.25) is 0 Å². The number of fused-ring (bicyclic) bond motifs is 1. The van der Waals surface area contributed by atoms with E-state index in [-0.39, 0.29) is 0 Å². The van der Waals surface area contributed by atoms with E-state index >= 15 is 0 Å². The average molecular weight is 355 g/mol. The van der Waals surface area contributed by atoms with Crippen LogP contribution < -0.4 is 0 Å². The van der Waals surface area contributed by atoms with E-state index in [1.807, 2.05) is 59.5 Å². The fourth-order valence-corrected chi connectivity index (χ4v) is 3.94. The van der Waals surface area contributed by atoms with Gasteiger partial charge in [0.25, 0.3) is 0 Å². The Bertz CT molecular complexity index is 1120. The average Bonchev–Trinajstić information content (AvgIpc) is 3.10. The first-order valence-corrected chi connectivity index (χ1v) is 9.58. The summed E-state index contributed by atoms with van der Waals surface area (Å²) in [6.45, 7) is 2.09. The highest BCUT2D eigenvalue weighted by atomic mass is 32.2. The van der Waals surface area contributed by atoms with Crippen molar-refractivity contribution in [2.24, 2.45) is 0 Å². The van der Waals surface area contributed by atoms with Crippen molar-refractivity contribution in [2.75, 3.05) is 6.26 Å². The standard InChI is InChI=1S/C22H17N3S/c1-15-13-19(26-2)18(14-23)22-20(15)21(16-9-5-3-6-10-16)24-25(22)17-11-7-4-8-12-17/h3-13H,1-2H3. The third-order valence-electron chi connectivity index (χ3n) is 4.49. The predicted octanol–water partition coefficient (Wildman–Crippen LogP) is 5.59. The van der Waals surface area contributed by atoms with Crippen LogP contribution in [0.25, 0.3) is 27.8 Å². The third-order valence-corrected chi connectivity index (χ3v) is 5.25. The van der Waals surface area contributed by atoms with Crippen LogP contribution in [-0.2, 0) is 0 Å². The van der Waals surface area contributed by atoms with Crippen molar-refractivity contribution in [3.05, 3.63) is 77.9 Å². The molecule has 4 aromatic rings. The molecule has 1 aromatic heterocycles. The molecular formula is C22H17N3S. The molecule has 0 aliphatic rings. The van der Waals surface area contributed by atoms with Crippen LogP contribution in [0.1, 0.15) is 11.1 Å². The normalized spacial score (nSPS) is 10.8. The summed E-state index contributed by atoms with van der Waals surface area (Å²) < 4.78 is 1.91. The molecule has 4 heteroatoms. The summed E-state index contributed by atoms with van der Waals surface area (Å²) in [6.07, 6.45) is 2.00. The van der Waals surface area contributed by atoms with E-state index in [2.05, 4.69) is 31.2 Å². The zero-order chi connectivity index (χ0) is 18.1. The molecule has 0 radical (unpaired) electrons. The van der Waals surface area contributed by atoms with Crippen LogP contribution in [0, 0.1) is 18.3 Å². The van der Waals surface area contributed by atoms with E-state index in [0.29, 0.717) is 5.56 Å². The number of nitrogens with zero attached hydrogens (tertiary/aromatic N) is 3. The van der Waals surface area contributed by atoms with Crippen LogP contribution in [0.15, 0.2) is 71.6 Å². The van der Waals surface area contributed by atoms with Crippen molar-refractivity contribution in [2.45, 2.75) is 11.8 Å². The first-order valence-electron chi connectivity index (χ1n) is 8.36. The van der Waals surface area contributed by atoms with Crippen LogP contribution in [0.5, 0.6) is 0 Å².